The molecule has 2 unspecified atom stereocenters. The zero-order valence-corrected chi connectivity index (χ0v) is 16.8. The molecule has 2 aliphatic rings. The molecule has 3 aromatic heterocycles. The molecule has 1 amide bonds. The van der Waals surface area contributed by atoms with Gasteiger partial charge in [0.05, 0.1) is 17.2 Å². The Balaban J connectivity index is 1.29. The number of benzene rings is 1. The van der Waals surface area contributed by atoms with Gasteiger partial charge in [0, 0.05) is 35.9 Å². The van der Waals surface area contributed by atoms with Crippen molar-refractivity contribution in [2.75, 3.05) is 5.32 Å². The zero-order chi connectivity index (χ0) is 20.9. The van der Waals surface area contributed by atoms with Gasteiger partial charge < -0.3 is 19.8 Å². The summed E-state index contributed by atoms with van der Waals surface area (Å²) < 4.78 is 12.4. The molecular formula is C23H19N5O3. The number of carbonyl (C=O) groups is 1. The Labute approximate surface area is 177 Å². The fourth-order valence-electron chi connectivity index (χ4n) is 4.24. The largest absolute Gasteiger partial charge is 0.482 e. The Bertz CT molecular complexity index is 1300. The van der Waals surface area contributed by atoms with Gasteiger partial charge in [-0.15, -0.1) is 0 Å². The van der Waals surface area contributed by atoms with Crippen LogP contribution in [0.1, 0.15) is 42.3 Å². The van der Waals surface area contributed by atoms with E-state index in [1.165, 1.54) is 0 Å². The Morgan fingerprint density at radius 1 is 1.16 bits per heavy atom. The summed E-state index contributed by atoms with van der Waals surface area (Å²) in [5.74, 6) is 3.68. The highest BCUT2D eigenvalue weighted by atomic mass is 16.5. The minimum atomic E-state index is -0.207. The lowest BCUT2D eigenvalue weighted by Crippen LogP contribution is -2.20. The summed E-state index contributed by atoms with van der Waals surface area (Å²) >= 11 is 0. The van der Waals surface area contributed by atoms with Crippen LogP contribution in [-0.4, -0.2) is 25.8 Å². The molecule has 2 atom stereocenters. The zero-order valence-electron chi connectivity index (χ0n) is 16.8. The number of carbonyl (C=O) groups excluding carboxylic acids is 1. The maximum Gasteiger partial charge on any atom is 0.225 e. The van der Waals surface area contributed by atoms with E-state index in [2.05, 4.69) is 32.2 Å². The fourth-order valence-corrected chi connectivity index (χ4v) is 4.24. The number of aromatic nitrogens is 4. The van der Waals surface area contributed by atoms with Crippen LogP contribution in [0.25, 0.3) is 11.0 Å². The normalized spacial score (nSPS) is 19.5. The number of ether oxygens (including phenoxy) is 2. The summed E-state index contributed by atoms with van der Waals surface area (Å²) in [5, 5.41) is 2.80. The second-order valence-electron chi connectivity index (χ2n) is 7.83. The third-order valence-corrected chi connectivity index (χ3v) is 5.85. The van der Waals surface area contributed by atoms with Crippen LogP contribution >= 0.6 is 0 Å². The minimum Gasteiger partial charge on any atom is -0.482 e. The predicted octanol–water partition coefficient (Wildman–Crippen LogP) is 4.27. The van der Waals surface area contributed by atoms with Gasteiger partial charge in [-0.3, -0.25) is 9.78 Å². The molecule has 8 heteroatoms. The molecule has 0 aliphatic carbocycles. The van der Waals surface area contributed by atoms with E-state index in [9.17, 15) is 4.79 Å². The van der Waals surface area contributed by atoms with Crippen molar-refractivity contribution < 1.29 is 14.3 Å². The van der Waals surface area contributed by atoms with Crippen LogP contribution in [0.3, 0.4) is 0 Å². The van der Waals surface area contributed by atoms with Crippen molar-refractivity contribution in [1.29, 1.82) is 0 Å². The van der Waals surface area contributed by atoms with E-state index in [-0.39, 0.29) is 17.9 Å². The molecule has 0 fully saturated rings. The highest BCUT2D eigenvalue weighted by Gasteiger charge is 2.35. The fraction of sp³-hybridized carbons (Fsp3) is 0.217. The van der Waals surface area contributed by atoms with E-state index in [1.54, 1.807) is 18.6 Å². The van der Waals surface area contributed by atoms with E-state index < -0.39 is 0 Å². The smallest absolute Gasteiger partial charge is 0.225 e. The monoisotopic (exact) mass is 413 g/mol. The standard InChI is InChI=1S/C23H19N5O3/c1-12-15-10-13(30-19-7-9-25-22-14(19)3-5-20(29)28-22)2-4-18(15)31-21(12)23-26-16-6-8-24-11-17(16)27-23/h2,4,6-12,21H,3,5H2,1H3,(H,26,27)(H,25,28,29). The molecule has 0 saturated heterocycles. The highest BCUT2D eigenvalue weighted by molar-refractivity contribution is 5.93. The highest BCUT2D eigenvalue weighted by Crippen LogP contribution is 2.47. The topological polar surface area (TPSA) is 102 Å². The number of hydrogen-bond donors (Lipinski definition) is 2. The van der Waals surface area contributed by atoms with Gasteiger partial charge in [-0.2, -0.15) is 0 Å². The quantitative estimate of drug-likeness (QED) is 0.520. The molecule has 0 bridgehead atoms. The molecule has 0 saturated carbocycles. The number of amides is 1. The SMILES string of the molecule is CC1c2cc(Oc3ccnc4c3CCC(=O)N4)ccc2OC1c1nc2ccncc2[nH]1. The molecule has 0 radical (unpaired) electrons. The average Bonchev–Trinajstić information content (AvgIpc) is 3.35. The maximum absolute atomic E-state index is 11.6. The van der Waals surface area contributed by atoms with Crippen molar-refractivity contribution in [3.8, 4) is 17.2 Å². The van der Waals surface area contributed by atoms with Crippen molar-refractivity contribution in [1.82, 2.24) is 19.9 Å². The summed E-state index contributed by atoms with van der Waals surface area (Å²) in [7, 11) is 0. The van der Waals surface area contributed by atoms with Gasteiger partial charge in [-0.1, -0.05) is 6.92 Å². The molecule has 6 rings (SSSR count). The van der Waals surface area contributed by atoms with E-state index >= 15 is 0 Å². The number of hydrogen-bond acceptors (Lipinski definition) is 6. The molecular weight excluding hydrogens is 394 g/mol. The number of rotatable bonds is 3. The van der Waals surface area contributed by atoms with Crippen LogP contribution in [0, 0.1) is 0 Å². The first-order chi connectivity index (χ1) is 15.2. The number of anilines is 1. The van der Waals surface area contributed by atoms with E-state index in [4.69, 9.17) is 9.47 Å². The Kier molecular flexibility index (Phi) is 3.92. The van der Waals surface area contributed by atoms with Crippen LogP contribution in [0.15, 0.2) is 48.9 Å². The molecule has 0 spiro atoms. The summed E-state index contributed by atoms with van der Waals surface area (Å²) in [5.41, 5.74) is 3.75. The van der Waals surface area contributed by atoms with Gasteiger partial charge in [0.25, 0.3) is 0 Å². The number of fused-ring (bicyclic) bond motifs is 3. The van der Waals surface area contributed by atoms with Crippen LogP contribution in [0.2, 0.25) is 0 Å². The lowest BCUT2D eigenvalue weighted by molar-refractivity contribution is -0.116. The van der Waals surface area contributed by atoms with Gasteiger partial charge in [0.2, 0.25) is 5.91 Å². The number of pyridine rings is 2. The second-order valence-corrected chi connectivity index (χ2v) is 7.83. The van der Waals surface area contributed by atoms with Crippen molar-refractivity contribution in [3.05, 3.63) is 65.9 Å². The minimum absolute atomic E-state index is 0.0203. The molecule has 2 aliphatic heterocycles. The number of imidazole rings is 1. The summed E-state index contributed by atoms with van der Waals surface area (Å²) in [4.78, 5) is 28.0. The second kappa shape index (κ2) is 6.80. The third kappa shape index (κ3) is 2.99. The lowest BCUT2D eigenvalue weighted by atomic mass is 9.97. The molecule has 154 valence electrons. The summed E-state index contributed by atoms with van der Waals surface area (Å²) in [6, 6.07) is 9.55. The van der Waals surface area contributed by atoms with Gasteiger partial charge in [-0.05, 0) is 36.8 Å². The Morgan fingerprint density at radius 3 is 3.00 bits per heavy atom. The average molecular weight is 413 g/mol. The molecule has 8 nitrogen and oxygen atoms in total. The van der Waals surface area contributed by atoms with Gasteiger partial charge in [0.15, 0.2) is 6.10 Å². The van der Waals surface area contributed by atoms with Gasteiger partial charge in [0.1, 0.15) is 28.9 Å². The predicted molar refractivity (Wildman–Crippen MR) is 113 cm³/mol. The number of aromatic amines is 1. The van der Waals surface area contributed by atoms with E-state index in [1.807, 2.05) is 30.3 Å². The lowest BCUT2D eigenvalue weighted by Gasteiger charge is -2.19. The number of H-pyrrole nitrogens is 1. The summed E-state index contributed by atoms with van der Waals surface area (Å²) in [6.07, 6.45) is 5.97. The van der Waals surface area contributed by atoms with E-state index in [0.717, 1.165) is 33.7 Å². The summed E-state index contributed by atoms with van der Waals surface area (Å²) in [6.45, 7) is 2.12. The van der Waals surface area contributed by atoms with Crippen LogP contribution in [0.5, 0.6) is 17.2 Å². The van der Waals surface area contributed by atoms with Gasteiger partial charge >= 0.3 is 0 Å². The van der Waals surface area contributed by atoms with Crippen molar-refractivity contribution in [3.63, 3.8) is 0 Å². The first-order valence-corrected chi connectivity index (χ1v) is 10.2. The van der Waals surface area contributed by atoms with Gasteiger partial charge in [-0.25, -0.2) is 9.97 Å². The van der Waals surface area contributed by atoms with Crippen molar-refractivity contribution in [2.24, 2.45) is 0 Å². The van der Waals surface area contributed by atoms with Crippen LogP contribution in [0.4, 0.5) is 5.82 Å². The van der Waals surface area contributed by atoms with E-state index in [0.29, 0.717) is 30.2 Å². The maximum atomic E-state index is 11.6. The third-order valence-electron chi connectivity index (χ3n) is 5.85. The Hall–Kier alpha value is -3.94. The van der Waals surface area contributed by atoms with Crippen molar-refractivity contribution >= 4 is 22.8 Å². The molecule has 1 aromatic carbocycles. The molecule has 2 N–H and O–H groups in total. The van der Waals surface area contributed by atoms with Crippen LogP contribution < -0.4 is 14.8 Å². The first kappa shape index (κ1) is 17.9. The van der Waals surface area contributed by atoms with Crippen molar-refractivity contribution in [2.45, 2.75) is 31.8 Å². The number of nitrogens with one attached hydrogen (secondary N) is 2. The first-order valence-electron chi connectivity index (χ1n) is 10.2. The van der Waals surface area contributed by atoms with Crippen LogP contribution in [-0.2, 0) is 11.2 Å². The molecule has 31 heavy (non-hydrogen) atoms. The number of nitrogens with zero attached hydrogens (tertiary/aromatic N) is 3. The molecule has 5 heterocycles. The Morgan fingerprint density at radius 2 is 2.10 bits per heavy atom. The molecule has 4 aromatic rings.